The molecule has 1 heterocycles. The Morgan fingerprint density at radius 2 is 1.94 bits per heavy atom. The summed E-state index contributed by atoms with van der Waals surface area (Å²) in [5.41, 5.74) is 1.24. The molecular weight excluding hydrogens is 216 g/mol. The molecule has 1 N–H and O–H groups in total. The number of imide groups is 1. The molecule has 0 atom stereocenters. The third kappa shape index (κ3) is 2.36. The first-order chi connectivity index (χ1) is 8.22. The summed E-state index contributed by atoms with van der Waals surface area (Å²) in [7, 11) is 0. The largest absolute Gasteiger partial charge is 0.329 e. The summed E-state index contributed by atoms with van der Waals surface area (Å²) in [6.45, 7) is 2.39. The molecule has 1 saturated heterocycles. The number of rotatable bonds is 3. The van der Waals surface area contributed by atoms with Gasteiger partial charge in [0.05, 0.1) is 0 Å². The predicted octanol–water partition coefficient (Wildman–Crippen LogP) is 1.99. The standard InChI is InChI=1S/C13H14N2O2/c1-2-8-15-12(16)11(14-13(15)17)9-10-6-4-3-5-7-10/h3-7,9H,2,8H2,1H3,(H,14,17)/b11-9+. The second-order valence-corrected chi connectivity index (χ2v) is 3.86. The zero-order chi connectivity index (χ0) is 12.3. The van der Waals surface area contributed by atoms with Crippen LogP contribution < -0.4 is 5.32 Å². The van der Waals surface area contributed by atoms with Crippen LogP contribution in [0.25, 0.3) is 6.08 Å². The SMILES string of the molecule is CCCN1C(=O)N/C(=C/c2ccccc2)C1=O. The Labute approximate surface area is 99.9 Å². The number of nitrogens with zero attached hydrogens (tertiary/aromatic N) is 1. The van der Waals surface area contributed by atoms with Gasteiger partial charge in [0, 0.05) is 6.54 Å². The van der Waals surface area contributed by atoms with Gasteiger partial charge in [-0.15, -0.1) is 0 Å². The molecule has 2 rings (SSSR count). The van der Waals surface area contributed by atoms with Gasteiger partial charge in [-0.25, -0.2) is 4.79 Å². The van der Waals surface area contributed by atoms with E-state index in [4.69, 9.17) is 0 Å². The Hall–Kier alpha value is -2.10. The Balaban J connectivity index is 2.22. The molecule has 1 aliphatic heterocycles. The van der Waals surface area contributed by atoms with Crippen LogP contribution in [0, 0.1) is 0 Å². The topological polar surface area (TPSA) is 49.4 Å². The van der Waals surface area contributed by atoms with Gasteiger partial charge in [0.1, 0.15) is 5.70 Å². The van der Waals surface area contributed by atoms with E-state index in [1.807, 2.05) is 37.3 Å². The summed E-state index contributed by atoms with van der Waals surface area (Å²) >= 11 is 0. The second-order valence-electron chi connectivity index (χ2n) is 3.86. The van der Waals surface area contributed by atoms with Gasteiger partial charge in [-0.05, 0) is 18.1 Å². The van der Waals surface area contributed by atoms with Crippen molar-refractivity contribution in [2.45, 2.75) is 13.3 Å². The molecule has 1 fully saturated rings. The van der Waals surface area contributed by atoms with E-state index in [1.165, 1.54) is 4.90 Å². The zero-order valence-corrected chi connectivity index (χ0v) is 9.64. The summed E-state index contributed by atoms with van der Waals surface area (Å²) in [5.74, 6) is -0.249. The number of carbonyl (C=O) groups excluding carboxylic acids is 2. The number of benzene rings is 1. The highest BCUT2D eigenvalue weighted by Crippen LogP contribution is 2.13. The molecule has 0 radical (unpaired) electrons. The summed E-state index contributed by atoms with van der Waals surface area (Å²) in [5, 5.41) is 2.59. The highest BCUT2D eigenvalue weighted by atomic mass is 16.2. The first-order valence-corrected chi connectivity index (χ1v) is 5.62. The van der Waals surface area contributed by atoms with Crippen molar-refractivity contribution >= 4 is 18.0 Å². The molecule has 1 aromatic carbocycles. The first-order valence-electron chi connectivity index (χ1n) is 5.62. The monoisotopic (exact) mass is 230 g/mol. The Kier molecular flexibility index (Phi) is 3.23. The smallest absolute Gasteiger partial charge is 0.303 e. The predicted molar refractivity (Wildman–Crippen MR) is 65.0 cm³/mol. The molecule has 1 aliphatic rings. The normalized spacial score (nSPS) is 17.7. The minimum absolute atomic E-state index is 0.249. The van der Waals surface area contributed by atoms with Gasteiger partial charge in [0.15, 0.2) is 0 Å². The van der Waals surface area contributed by atoms with Crippen LogP contribution in [0.1, 0.15) is 18.9 Å². The third-order valence-corrected chi connectivity index (χ3v) is 2.52. The summed E-state index contributed by atoms with van der Waals surface area (Å²) in [6, 6.07) is 9.11. The number of urea groups is 1. The lowest BCUT2D eigenvalue weighted by Gasteiger charge is -2.08. The van der Waals surface area contributed by atoms with E-state index in [2.05, 4.69) is 5.32 Å². The molecule has 3 amide bonds. The molecule has 17 heavy (non-hydrogen) atoms. The molecule has 0 spiro atoms. The van der Waals surface area contributed by atoms with Crippen LogP contribution in [-0.4, -0.2) is 23.4 Å². The highest BCUT2D eigenvalue weighted by molar-refractivity contribution is 6.13. The zero-order valence-electron chi connectivity index (χ0n) is 9.64. The van der Waals surface area contributed by atoms with Crippen molar-refractivity contribution in [3.05, 3.63) is 41.6 Å². The molecular formula is C13H14N2O2. The summed E-state index contributed by atoms with van der Waals surface area (Å²) in [6.07, 6.45) is 2.45. The van der Waals surface area contributed by atoms with E-state index in [0.29, 0.717) is 12.2 Å². The maximum Gasteiger partial charge on any atom is 0.329 e. The van der Waals surface area contributed by atoms with Gasteiger partial charge < -0.3 is 5.32 Å². The quantitative estimate of drug-likeness (QED) is 0.637. The van der Waals surface area contributed by atoms with Crippen molar-refractivity contribution < 1.29 is 9.59 Å². The lowest BCUT2D eigenvalue weighted by molar-refractivity contribution is -0.122. The van der Waals surface area contributed by atoms with Crippen LogP contribution in [0.15, 0.2) is 36.0 Å². The average molecular weight is 230 g/mol. The van der Waals surface area contributed by atoms with Crippen LogP contribution in [0.3, 0.4) is 0 Å². The Morgan fingerprint density at radius 3 is 2.59 bits per heavy atom. The van der Waals surface area contributed by atoms with Crippen molar-refractivity contribution in [1.82, 2.24) is 10.2 Å². The Bertz CT molecular complexity index is 466. The van der Waals surface area contributed by atoms with E-state index < -0.39 is 0 Å². The second kappa shape index (κ2) is 4.82. The van der Waals surface area contributed by atoms with Gasteiger partial charge in [0.2, 0.25) is 0 Å². The summed E-state index contributed by atoms with van der Waals surface area (Å²) in [4.78, 5) is 24.6. The molecule has 1 aromatic rings. The fraction of sp³-hybridized carbons (Fsp3) is 0.231. The van der Waals surface area contributed by atoms with Gasteiger partial charge in [-0.1, -0.05) is 37.3 Å². The Morgan fingerprint density at radius 1 is 1.24 bits per heavy atom. The van der Waals surface area contributed by atoms with Gasteiger partial charge in [0.25, 0.3) is 5.91 Å². The van der Waals surface area contributed by atoms with E-state index in [1.54, 1.807) is 6.08 Å². The van der Waals surface area contributed by atoms with Gasteiger partial charge in [-0.3, -0.25) is 9.69 Å². The maximum atomic E-state index is 11.9. The number of hydrogen-bond donors (Lipinski definition) is 1. The molecule has 4 nitrogen and oxygen atoms in total. The highest BCUT2D eigenvalue weighted by Gasteiger charge is 2.32. The summed E-state index contributed by atoms with van der Waals surface area (Å²) < 4.78 is 0. The minimum Gasteiger partial charge on any atom is -0.303 e. The molecule has 0 unspecified atom stereocenters. The van der Waals surface area contributed by atoms with Crippen molar-refractivity contribution in [3.8, 4) is 0 Å². The van der Waals surface area contributed by atoms with Crippen LogP contribution in [-0.2, 0) is 4.79 Å². The van der Waals surface area contributed by atoms with Crippen molar-refractivity contribution in [2.75, 3.05) is 6.54 Å². The van der Waals surface area contributed by atoms with E-state index >= 15 is 0 Å². The van der Waals surface area contributed by atoms with E-state index in [-0.39, 0.29) is 11.9 Å². The minimum atomic E-state index is -0.334. The molecule has 0 aromatic heterocycles. The third-order valence-electron chi connectivity index (χ3n) is 2.52. The van der Waals surface area contributed by atoms with Crippen molar-refractivity contribution in [3.63, 3.8) is 0 Å². The van der Waals surface area contributed by atoms with E-state index in [0.717, 1.165) is 12.0 Å². The number of hydrogen-bond acceptors (Lipinski definition) is 2. The molecule has 0 saturated carbocycles. The lowest BCUT2D eigenvalue weighted by atomic mass is 10.2. The van der Waals surface area contributed by atoms with Crippen LogP contribution in [0.5, 0.6) is 0 Å². The molecule has 4 heteroatoms. The van der Waals surface area contributed by atoms with Gasteiger partial charge >= 0.3 is 6.03 Å². The van der Waals surface area contributed by atoms with E-state index in [9.17, 15) is 9.59 Å². The maximum absolute atomic E-state index is 11.9. The number of carbonyl (C=O) groups is 2. The van der Waals surface area contributed by atoms with Crippen LogP contribution in [0.2, 0.25) is 0 Å². The number of amides is 3. The van der Waals surface area contributed by atoms with Crippen LogP contribution in [0.4, 0.5) is 4.79 Å². The molecule has 0 aliphatic carbocycles. The average Bonchev–Trinajstić information content (AvgIpc) is 2.59. The van der Waals surface area contributed by atoms with Crippen molar-refractivity contribution in [1.29, 1.82) is 0 Å². The molecule has 0 bridgehead atoms. The fourth-order valence-corrected chi connectivity index (χ4v) is 1.71. The fourth-order valence-electron chi connectivity index (χ4n) is 1.71. The van der Waals surface area contributed by atoms with Gasteiger partial charge in [-0.2, -0.15) is 0 Å². The first kappa shape index (κ1) is 11.4. The number of nitrogens with one attached hydrogen (secondary N) is 1. The van der Waals surface area contributed by atoms with Crippen molar-refractivity contribution in [2.24, 2.45) is 0 Å². The molecule has 88 valence electrons. The van der Waals surface area contributed by atoms with Crippen LogP contribution >= 0.6 is 0 Å². The lowest BCUT2D eigenvalue weighted by Crippen LogP contribution is -2.31.